The second kappa shape index (κ2) is 21.8. The van der Waals surface area contributed by atoms with E-state index in [4.69, 9.17) is 0 Å². The van der Waals surface area contributed by atoms with Gasteiger partial charge in [0.15, 0.2) is 0 Å². The van der Waals surface area contributed by atoms with E-state index in [0.717, 1.165) is 8.97 Å². The van der Waals surface area contributed by atoms with Crippen molar-refractivity contribution in [3.63, 3.8) is 0 Å². The molecule has 0 heterocycles. The second-order valence-corrected chi connectivity index (χ2v) is 14.0. The van der Waals surface area contributed by atoms with Gasteiger partial charge in [0.05, 0.1) is 41.8 Å². The van der Waals surface area contributed by atoms with Crippen LogP contribution in [-0.2, 0) is 0 Å². The zero-order valence-corrected chi connectivity index (χ0v) is 33.2. The van der Waals surface area contributed by atoms with E-state index in [1.807, 2.05) is 0 Å². The van der Waals surface area contributed by atoms with Crippen LogP contribution in [0.3, 0.4) is 0 Å². The van der Waals surface area contributed by atoms with Gasteiger partial charge in [0.25, 0.3) is 0 Å². The van der Waals surface area contributed by atoms with Crippen LogP contribution >= 0.6 is 0 Å². The summed E-state index contributed by atoms with van der Waals surface area (Å²) in [6.07, 6.45) is 19.8. The molecule has 0 saturated heterocycles. The number of benzene rings is 3. The molecule has 2 nitrogen and oxygen atoms in total. The molecule has 0 spiro atoms. The number of halogens is 2. The van der Waals surface area contributed by atoms with Gasteiger partial charge < -0.3 is 48.0 Å². The van der Waals surface area contributed by atoms with Crippen molar-refractivity contribution in [2.24, 2.45) is 0 Å². The minimum atomic E-state index is 0. The van der Waals surface area contributed by atoms with Crippen LogP contribution in [0.5, 0.6) is 0 Å². The Kier molecular flexibility index (Phi) is 20.3. The molecular weight excluding hydrogens is 762 g/mol. The van der Waals surface area contributed by atoms with Crippen LogP contribution in [-0.4, -0.2) is 41.8 Å². The second-order valence-electron chi connectivity index (χ2n) is 14.0. The van der Waals surface area contributed by atoms with E-state index in [0.29, 0.717) is 0 Å². The Morgan fingerprint density at radius 1 is 0.432 bits per heavy atom. The monoisotopic (exact) mass is 824 g/mol. The highest BCUT2D eigenvalue weighted by Gasteiger charge is 2.22. The first-order chi connectivity index (χ1) is 20.2. The Labute approximate surface area is 306 Å². The summed E-state index contributed by atoms with van der Waals surface area (Å²) in [6, 6.07) is 29.7. The van der Waals surface area contributed by atoms with Crippen molar-refractivity contribution in [3.8, 4) is 0 Å². The zero-order valence-electron chi connectivity index (χ0n) is 28.8. The summed E-state index contributed by atoms with van der Waals surface area (Å²) in [6.45, 7) is 3.50. The third-order valence-corrected chi connectivity index (χ3v) is 9.13. The lowest BCUT2D eigenvalue weighted by Gasteiger charge is -2.30. The summed E-state index contributed by atoms with van der Waals surface area (Å²) in [5, 5.41) is 0. The zero-order chi connectivity index (χ0) is 30.3. The first kappa shape index (κ1) is 41.1. The number of nitrogens with zero attached hydrogens (tertiary/aromatic N) is 2. The molecule has 1 atom stereocenters. The van der Waals surface area contributed by atoms with Crippen LogP contribution in [0.1, 0.15) is 119 Å². The lowest BCUT2D eigenvalue weighted by atomic mass is 9.85. The van der Waals surface area contributed by atoms with E-state index in [2.05, 4.69) is 121 Å². The molecular formula is C40H62I2N2. The van der Waals surface area contributed by atoms with Crippen LogP contribution < -0.4 is 56.9 Å². The van der Waals surface area contributed by atoms with Crippen molar-refractivity contribution in [1.82, 2.24) is 8.97 Å². The van der Waals surface area contributed by atoms with Gasteiger partial charge in [0.1, 0.15) is 11.4 Å². The molecule has 246 valence electrons. The quantitative estimate of drug-likeness (QED) is 0.0644. The minimum absolute atomic E-state index is 0. The Morgan fingerprint density at radius 2 is 0.795 bits per heavy atom. The molecule has 0 aliphatic rings. The molecule has 0 radical (unpaired) electrons. The van der Waals surface area contributed by atoms with Crippen molar-refractivity contribution in [1.29, 1.82) is 0 Å². The minimum Gasteiger partial charge on any atom is -1.00 e. The molecule has 0 amide bonds. The molecule has 0 bridgehead atoms. The largest absolute Gasteiger partial charge is 1.00 e. The van der Waals surface area contributed by atoms with Crippen molar-refractivity contribution in [2.75, 3.05) is 41.8 Å². The molecule has 0 fully saturated rings. The molecule has 3 rings (SSSR count). The number of rotatable bonds is 20. The molecule has 0 aromatic heterocycles. The predicted octanol–water partition coefficient (Wildman–Crippen LogP) is 5.12. The molecule has 0 aliphatic heterocycles. The third-order valence-electron chi connectivity index (χ3n) is 9.13. The topological polar surface area (TPSA) is 0 Å². The van der Waals surface area contributed by atoms with Crippen LogP contribution in [0.15, 0.2) is 78.9 Å². The number of quaternary nitrogens is 2. The summed E-state index contributed by atoms with van der Waals surface area (Å²) < 4.78 is 1.78. The molecule has 3 aromatic carbocycles. The average Bonchev–Trinajstić information content (AvgIpc) is 2.98. The van der Waals surface area contributed by atoms with Crippen LogP contribution in [0.25, 0.3) is 0 Å². The summed E-state index contributed by atoms with van der Waals surface area (Å²) in [7, 11) is 11.4. The van der Waals surface area contributed by atoms with E-state index in [9.17, 15) is 0 Å². The molecule has 3 aromatic rings. The van der Waals surface area contributed by atoms with E-state index < -0.39 is 0 Å². The van der Waals surface area contributed by atoms with Crippen molar-refractivity contribution in [3.05, 3.63) is 95.6 Å². The normalized spacial score (nSPS) is 12.3. The third kappa shape index (κ3) is 14.2. The fourth-order valence-electron chi connectivity index (χ4n) is 6.24. The molecule has 0 N–H and O–H groups in total. The van der Waals surface area contributed by atoms with E-state index in [1.54, 1.807) is 0 Å². The van der Waals surface area contributed by atoms with Crippen molar-refractivity contribution in [2.45, 2.75) is 103 Å². The smallest absolute Gasteiger partial charge is 0.132 e. The number of unbranched alkanes of at least 4 members (excludes halogenated alkanes) is 13. The van der Waals surface area contributed by atoms with Crippen LogP contribution in [0.4, 0.5) is 11.4 Å². The molecule has 0 saturated carbocycles. The van der Waals surface area contributed by atoms with Gasteiger partial charge >= 0.3 is 0 Å². The van der Waals surface area contributed by atoms with Crippen LogP contribution in [0, 0.1) is 0 Å². The van der Waals surface area contributed by atoms with Gasteiger partial charge in [-0.05, 0) is 53.8 Å². The Balaban J connectivity index is 0.00000484. The first-order valence-electron chi connectivity index (χ1n) is 17.1. The highest BCUT2D eigenvalue weighted by molar-refractivity contribution is 5.51. The maximum atomic E-state index is 2.37. The van der Waals surface area contributed by atoms with Gasteiger partial charge in [0.2, 0.25) is 0 Å². The molecule has 4 heteroatoms. The molecule has 44 heavy (non-hydrogen) atoms. The molecule has 1 unspecified atom stereocenters. The van der Waals surface area contributed by atoms with Gasteiger partial charge in [-0.3, -0.25) is 8.97 Å². The number of hydrogen-bond acceptors (Lipinski definition) is 0. The summed E-state index contributed by atoms with van der Waals surface area (Å²) in [5.74, 6) is 0.239. The maximum absolute atomic E-state index is 2.37. The Morgan fingerprint density at radius 3 is 1.20 bits per heavy atom. The fourth-order valence-corrected chi connectivity index (χ4v) is 6.24. The van der Waals surface area contributed by atoms with Gasteiger partial charge in [-0.25, -0.2) is 0 Å². The Bertz CT molecular complexity index is 1120. The fraction of sp³-hybridized carbons (Fsp3) is 0.550. The van der Waals surface area contributed by atoms with Crippen molar-refractivity contribution >= 4 is 11.4 Å². The predicted molar refractivity (Wildman–Crippen MR) is 189 cm³/mol. The lowest BCUT2D eigenvalue weighted by Crippen LogP contribution is -3.00. The van der Waals surface area contributed by atoms with Crippen LogP contribution in [0.2, 0.25) is 0 Å². The van der Waals surface area contributed by atoms with E-state index >= 15 is 0 Å². The first-order valence-corrected chi connectivity index (χ1v) is 17.1. The average molecular weight is 825 g/mol. The van der Waals surface area contributed by atoms with Gasteiger partial charge in [0, 0.05) is 5.92 Å². The summed E-state index contributed by atoms with van der Waals surface area (Å²) >= 11 is 0. The highest BCUT2D eigenvalue weighted by atomic mass is 127. The summed E-state index contributed by atoms with van der Waals surface area (Å²) in [5.41, 5.74) is 6.78. The molecule has 0 aliphatic carbocycles. The van der Waals surface area contributed by atoms with Crippen molar-refractivity contribution < 1.29 is 48.0 Å². The van der Waals surface area contributed by atoms with Gasteiger partial charge in [-0.2, -0.15) is 0 Å². The SMILES string of the molecule is CCCCCCCCCCCCCCCC[N+](C)(C)c1ccc(C(c2ccccc2)c2ccc([N+](C)(C)C)cc2)cc1.[I-].[I-]. The van der Waals surface area contributed by atoms with E-state index in [1.165, 1.54) is 125 Å². The standard InChI is InChI=1S/C40H62N2.2HI/c1-7-8-9-10-11-12-13-14-15-16-17-18-19-23-34-42(5,6)39-32-28-37(29-33-39)40(35-24-21-20-22-25-35)36-26-30-38(31-27-36)41(2,3)4;;/h20-22,24-33,40H,7-19,23,34H2,1-6H3;2*1H/q+2;;/p-2. The van der Waals surface area contributed by atoms with Gasteiger partial charge in [-0.1, -0.05) is 139 Å². The van der Waals surface area contributed by atoms with E-state index in [-0.39, 0.29) is 53.9 Å². The number of hydrogen-bond donors (Lipinski definition) is 0. The van der Waals surface area contributed by atoms with Gasteiger partial charge in [-0.15, -0.1) is 0 Å². The maximum Gasteiger partial charge on any atom is 0.132 e. The summed E-state index contributed by atoms with van der Waals surface area (Å²) in [4.78, 5) is 0. The lowest BCUT2D eigenvalue weighted by molar-refractivity contribution is -0.00100. The highest BCUT2D eigenvalue weighted by Crippen LogP contribution is 2.34. The Hall–Kier alpha value is -0.960.